The number of hydrogen-bond donors (Lipinski definition) is 1. The maximum atomic E-state index is 12.2. The molecule has 2 rings (SSSR count). The summed E-state index contributed by atoms with van der Waals surface area (Å²) in [4.78, 5) is 0. The number of nitrogens with one attached hydrogen (secondary N) is 1. The van der Waals surface area contributed by atoms with Crippen LogP contribution in [0, 0.1) is 0 Å². The molecule has 1 aliphatic rings. The Morgan fingerprint density at radius 2 is 2.06 bits per heavy atom. The van der Waals surface area contributed by atoms with Crippen LogP contribution in [0.15, 0.2) is 20.1 Å². The molecule has 98 valence electrons. The molecule has 1 aliphatic heterocycles. The number of hydrogen-bond acceptors (Lipinski definition) is 4. The number of thiophene rings is 1. The summed E-state index contributed by atoms with van der Waals surface area (Å²) in [7, 11) is -3.28. The third-order valence-electron chi connectivity index (χ3n) is 2.44. The van der Waals surface area contributed by atoms with Crippen LogP contribution in [0.25, 0.3) is 0 Å². The fraction of sp³-hybridized carbons (Fsp3) is 0.556. The van der Waals surface area contributed by atoms with Gasteiger partial charge in [-0.1, -0.05) is 0 Å². The highest BCUT2D eigenvalue weighted by molar-refractivity contribution is 9.11. The topological polar surface area (TPSA) is 49.4 Å². The molecular weight excluding hydrogens is 348 g/mol. The zero-order valence-electron chi connectivity index (χ0n) is 9.06. The second-order valence-corrected chi connectivity index (χ2v) is 8.19. The van der Waals surface area contributed by atoms with Gasteiger partial charge >= 0.3 is 0 Å². The van der Waals surface area contributed by atoms with Gasteiger partial charge in [-0.25, -0.2) is 8.42 Å². The maximum absolute atomic E-state index is 12.2. The van der Waals surface area contributed by atoms with E-state index in [0.717, 1.165) is 23.3 Å². The van der Waals surface area contributed by atoms with Crippen LogP contribution in [0.2, 0.25) is 0 Å². The Balaban J connectivity index is 0.00000144. The van der Waals surface area contributed by atoms with Gasteiger partial charge in [0, 0.05) is 19.6 Å². The van der Waals surface area contributed by atoms with Crippen LogP contribution in [0.5, 0.6) is 0 Å². The third kappa shape index (κ3) is 3.65. The van der Waals surface area contributed by atoms with E-state index in [2.05, 4.69) is 21.2 Å². The molecule has 0 aromatic carbocycles. The average Bonchev–Trinajstić information content (AvgIpc) is 2.54. The summed E-state index contributed by atoms with van der Waals surface area (Å²) in [6.45, 7) is 2.77. The molecule has 2 heterocycles. The standard InChI is InChI=1S/C9H13BrN2O2S2.ClH/c10-8-2-3-9(15-8)16(13,14)12-6-1-4-11-5-7-12;/h2-3,11H,1,4-7H2;1H. The van der Waals surface area contributed by atoms with E-state index in [1.54, 1.807) is 16.4 Å². The maximum Gasteiger partial charge on any atom is 0.252 e. The summed E-state index contributed by atoms with van der Waals surface area (Å²) in [5, 5.41) is 3.19. The van der Waals surface area contributed by atoms with E-state index >= 15 is 0 Å². The van der Waals surface area contributed by atoms with Crippen molar-refractivity contribution in [2.45, 2.75) is 10.6 Å². The van der Waals surface area contributed by atoms with Gasteiger partial charge in [0.1, 0.15) is 4.21 Å². The Labute approximate surface area is 120 Å². The van der Waals surface area contributed by atoms with Gasteiger partial charge in [-0.2, -0.15) is 4.31 Å². The van der Waals surface area contributed by atoms with Crippen LogP contribution in [0.4, 0.5) is 0 Å². The molecule has 1 fully saturated rings. The SMILES string of the molecule is Cl.O=S(=O)(c1ccc(Br)s1)N1CCCNCC1. The summed E-state index contributed by atoms with van der Waals surface area (Å²) in [6.07, 6.45) is 0.867. The van der Waals surface area contributed by atoms with Crippen molar-refractivity contribution in [2.24, 2.45) is 0 Å². The van der Waals surface area contributed by atoms with Gasteiger partial charge in [-0.15, -0.1) is 23.7 Å². The van der Waals surface area contributed by atoms with Crippen molar-refractivity contribution < 1.29 is 8.42 Å². The smallest absolute Gasteiger partial charge is 0.252 e. The summed E-state index contributed by atoms with van der Waals surface area (Å²) in [5.74, 6) is 0. The van der Waals surface area contributed by atoms with Crippen molar-refractivity contribution in [3.63, 3.8) is 0 Å². The molecule has 1 aromatic rings. The Kier molecular flexibility index (Phi) is 5.88. The van der Waals surface area contributed by atoms with E-state index in [4.69, 9.17) is 0 Å². The fourth-order valence-electron chi connectivity index (χ4n) is 1.62. The molecule has 17 heavy (non-hydrogen) atoms. The minimum Gasteiger partial charge on any atom is -0.315 e. The van der Waals surface area contributed by atoms with Crippen LogP contribution >= 0.6 is 39.7 Å². The zero-order chi connectivity index (χ0) is 11.6. The van der Waals surface area contributed by atoms with Crippen molar-refractivity contribution in [1.82, 2.24) is 9.62 Å². The molecule has 1 aromatic heterocycles. The highest BCUT2D eigenvalue weighted by Crippen LogP contribution is 2.28. The van der Waals surface area contributed by atoms with Crippen molar-refractivity contribution in [3.8, 4) is 0 Å². The van der Waals surface area contributed by atoms with Crippen molar-refractivity contribution in [2.75, 3.05) is 26.2 Å². The number of sulfonamides is 1. The molecule has 0 bridgehead atoms. The Bertz CT molecular complexity index is 455. The minimum atomic E-state index is -3.28. The Morgan fingerprint density at radius 1 is 1.29 bits per heavy atom. The molecule has 0 amide bonds. The largest absolute Gasteiger partial charge is 0.315 e. The van der Waals surface area contributed by atoms with E-state index in [1.165, 1.54) is 11.3 Å². The lowest BCUT2D eigenvalue weighted by atomic mass is 10.4. The van der Waals surface area contributed by atoms with E-state index in [1.807, 2.05) is 0 Å². The van der Waals surface area contributed by atoms with Gasteiger partial charge in [0.05, 0.1) is 3.79 Å². The van der Waals surface area contributed by atoms with Crippen molar-refractivity contribution >= 4 is 49.7 Å². The molecule has 1 saturated heterocycles. The first-order chi connectivity index (χ1) is 7.60. The second-order valence-electron chi connectivity index (χ2n) is 3.57. The van der Waals surface area contributed by atoms with Crippen LogP contribution < -0.4 is 5.32 Å². The van der Waals surface area contributed by atoms with Crippen molar-refractivity contribution in [1.29, 1.82) is 0 Å². The molecule has 0 aliphatic carbocycles. The molecule has 0 atom stereocenters. The molecule has 0 radical (unpaired) electrons. The predicted octanol–water partition coefficient (Wildman–Crippen LogP) is 1.92. The van der Waals surface area contributed by atoms with Gasteiger partial charge in [0.2, 0.25) is 0 Å². The quantitative estimate of drug-likeness (QED) is 0.875. The summed E-state index contributed by atoms with van der Waals surface area (Å²) < 4.78 is 27.3. The lowest BCUT2D eigenvalue weighted by molar-refractivity contribution is 0.433. The monoisotopic (exact) mass is 360 g/mol. The van der Waals surface area contributed by atoms with Crippen LogP contribution in [-0.2, 0) is 10.0 Å². The van der Waals surface area contributed by atoms with Gasteiger partial charge in [-0.3, -0.25) is 0 Å². The summed E-state index contributed by atoms with van der Waals surface area (Å²) in [6, 6.07) is 3.43. The number of halogens is 2. The molecule has 8 heteroatoms. The van der Waals surface area contributed by atoms with Crippen LogP contribution in [-0.4, -0.2) is 38.9 Å². The minimum absolute atomic E-state index is 0. The number of rotatable bonds is 2. The Hall–Kier alpha value is 0.340. The van der Waals surface area contributed by atoms with Gasteiger partial charge < -0.3 is 5.32 Å². The predicted molar refractivity (Wildman–Crippen MR) is 75.5 cm³/mol. The normalized spacial score (nSPS) is 18.4. The fourth-order valence-corrected chi connectivity index (χ4v) is 5.27. The first kappa shape index (κ1) is 15.4. The molecule has 0 spiro atoms. The summed E-state index contributed by atoms with van der Waals surface area (Å²) in [5.41, 5.74) is 0. The Morgan fingerprint density at radius 3 is 2.71 bits per heavy atom. The van der Waals surface area contributed by atoms with Crippen LogP contribution in [0.1, 0.15) is 6.42 Å². The third-order valence-corrected chi connectivity index (χ3v) is 6.43. The molecule has 1 N–H and O–H groups in total. The zero-order valence-corrected chi connectivity index (χ0v) is 13.1. The van der Waals surface area contributed by atoms with E-state index < -0.39 is 10.0 Å². The molecular formula is C9H14BrClN2O2S2. The van der Waals surface area contributed by atoms with Crippen molar-refractivity contribution in [3.05, 3.63) is 15.9 Å². The molecule has 0 unspecified atom stereocenters. The van der Waals surface area contributed by atoms with E-state index in [0.29, 0.717) is 17.3 Å². The number of nitrogens with zero attached hydrogens (tertiary/aromatic N) is 1. The van der Waals surface area contributed by atoms with Gasteiger partial charge in [0.25, 0.3) is 10.0 Å². The van der Waals surface area contributed by atoms with Crippen LogP contribution in [0.3, 0.4) is 0 Å². The molecule has 0 saturated carbocycles. The first-order valence-corrected chi connectivity index (χ1v) is 8.12. The summed E-state index contributed by atoms with van der Waals surface area (Å²) >= 11 is 4.55. The first-order valence-electron chi connectivity index (χ1n) is 5.07. The average molecular weight is 362 g/mol. The lowest BCUT2D eigenvalue weighted by Gasteiger charge is -2.18. The van der Waals surface area contributed by atoms with Gasteiger partial charge in [-0.05, 0) is 41.0 Å². The van der Waals surface area contributed by atoms with E-state index in [-0.39, 0.29) is 12.4 Å². The highest BCUT2D eigenvalue weighted by atomic mass is 79.9. The lowest BCUT2D eigenvalue weighted by Crippen LogP contribution is -2.33. The molecule has 4 nitrogen and oxygen atoms in total. The highest BCUT2D eigenvalue weighted by Gasteiger charge is 2.26. The van der Waals surface area contributed by atoms with E-state index in [9.17, 15) is 8.42 Å². The second kappa shape index (κ2) is 6.49. The van der Waals surface area contributed by atoms with Gasteiger partial charge in [0.15, 0.2) is 0 Å².